The maximum Gasteiger partial charge on any atom is 0.308 e. The van der Waals surface area contributed by atoms with E-state index in [-0.39, 0.29) is 22.8 Å². The largest absolute Gasteiger partial charge is 0.481 e. The Labute approximate surface area is 138 Å². The van der Waals surface area contributed by atoms with Crippen molar-refractivity contribution in [1.82, 2.24) is 14.7 Å². The fraction of sp³-hybridized carbons (Fsp3) is 0.438. The van der Waals surface area contributed by atoms with Gasteiger partial charge in [-0.25, -0.2) is 4.98 Å². The summed E-state index contributed by atoms with van der Waals surface area (Å²) in [6, 6.07) is 4.97. The van der Waals surface area contributed by atoms with Crippen molar-refractivity contribution in [3.63, 3.8) is 0 Å². The number of carbonyl (C=O) groups excluding carboxylic acids is 1. The van der Waals surface area contributed by atoms with Gasteiger partial charge in [0.05, 0.1) is 5.92 Å². The molecule has 0 saturated heterocycles. The molecule has 2 aromatic heterocycles. The second-order valence-corrected chi connectivity index (χ2v) is 6.20. The van der Waals surface area contributed by atoms with Crippen LogP contribution in [0.5, 0.6) is 0 Å². The average Bonchev–Trinajstić information content (AvgIpc) is 2.68. The lowest BCUT2D eigenvalue weighted by molar-refractivity contribution is -0.142. The summed E-state index contributed by atoms with van der Waals surface area (Å²) in [5.41, 5.74) is 0.828. The molecule has 1 aliphatic rings. The van der Waals surface area contributed by atoms with Crippen LogP contribution < -0.4 is 5.32 Å². The number of carboxylic acids is 1. The van der Waals surface area contributed by atoms with E-state index >= 15 is 0 Å². The number of fused-ring (bicyclic) bond motifs is 1. The molecule has 0 spiro atoms. The van der Waals surface area contributed by atoms with Gasteiger partial charge in [0, 0.05) is 12.2 Å². The summed E-state index contributed by atoms with van der Waals surface area (Å²) < 4.78 is 1.62. The number of aliphatic carboxylic acids is 1. The zero-order valence-electron chi connectivity index (χ0n) is 12.5. The van der Waals surface area contributed by atoms with Crippen molar-refractivity contribution in [3.05, 3.63) is 35.2 Å². The predicted molar refractivity (Wildman–Crippen MR) is 85.7 cm³/mol. The first-order chi connectivity index (χ1) is 11.1. The molecule has 1 fully saturated rings. The van der Waals surface area contributed by atoms with E-state index in [9.17, 15) is 14.7 Å². The first-order valence-corrected chi connectivity index (χ1v) is 8.12. The number of aromatic nitrogens is 2. The highest BCUT2D eigenvalue weighted by Crippen LogP contribution is 2.25. The summed E-state index contributed by atoms with van der Waals surface area (Å²) in [4.78, 5) is 28.3. The van der Waals surface area contributed by atoms with E-state index in [0.717, 1.165) is 19.3 Å². The van der Waals surface area contributed by atoms with Gasteiger partial charge in [0.15, 0.2) is 10.8 Å². The number of carbonyl (C=O) groups is 2. The molecule has 3 rings (SSSR count). The summed E-state index contributed by atoms with van der Waals surface area (Å²) in [6.45, 7) is 0. The molecular formula is C16H18ClN3O3. The molecule has 0 unspecified atom stereocenters. The molecule has 122 valence electrons. The Balaban J connectivity index is 1.87. The number of amides is 1. The number of nitrogens with zero attached hydrogens (tertiary/aromatic N) is 2. The smallest absolute Gasteiger partial charge is 0.308 e. The summed E-state index contributed by atoms with van der Waals surface area (Å²) in [6.07, 6.45) is 5.74. The maximum atomic E-state index is 12.6. The minimum atomic E-state index is -0.860. The standard InChI is InChI=1S/C16H18ClN3O3/c17-14-13(20-9-5-4-8-12(20)19-14)15(21)18-11-7-3-1-2-6-10(11)16(22)23/h4-5,8-11H,1-3,6-7H2,(H,18,21)(H,22,23)/t10-,11-/m0/s1. The normalized spacial score (nSPS) is 21.8. The third-order valence-electron chi connectivity index (χ3n) is 4.35. The van der Waals surface area contributed by atoms with Crippen LogP contribution in [-0.4, -0.2) is 32.4 Å². The molecule has 0 radical (unpaired) electrons. The average molecular weight is 336 g/mol. The van der Waals surface area contributed by atoms with Gasteiger partial charge in [-0.2, -0.15) is 0 Å². The van der Waals surface area contributed by atoms with Crippen molar-refractivity contribution in [2.45, 2.75) is 38.1 Å². The number of pyridine rings is 1. The van der Waals surface area contributed by atoms with Crippen molar-refractivity contribution in [1.29, 1.82) is 0 Å². The van der Waals surface area contributed by atoms with E-state index in [0.29, 0.717) is 18.5 Å². The van der Waals surface area contributed by atoms with E-state index in [4.69, 9.17) is 11.6 Å². The molecule has 0 aromatic carbocycles. The molecular weight excluding hydrogens is 318 g/mol. The number of nitrogens with one attached hydrogen (secondary N) is 1. The van der Waals surface area contributed by atoms with Gasteiger partial charge in [-0.1, -0.05) is 36.9 Å². The molecule has 2 heterocycles. The van der Waals surface area contributed by atoms with Crippen LogP contribution in [0.1, 0.15) is 42.6 Å². The molecule has 7 heteroatoms. The molecule has 6 nitrogen and oxygen atoms in total. The molecule has 1 amide bonds. The molecule has 0 bridgehead atoms. The fourth-order valence-electron chi connectivity index (χ4n) is 3.18. The lowest BCUT2D eigenvalue weighted by Crippen LogP contribution is -2.43. The zero-order chi connectivity index (χ0) is 16.4. The van der Waals surface area contributed by atoms with Gasteiger partial charge >= 0.3 is 5.97 Å². The van der Waals surface area contributed by atoms with Crippen molar-refractivity contribution >= 4 is 29.1 Å². The van der Waals surface area contributed by atoms with Gasteiger partial charge in [0.1, 0.15) is 5.65 Å². The monoisotopic (exact) mass is 335 g/mol. The molecule has 1 aliphatic carbocycles. The minimum absolute atomic E-state index is 0.120. The summed E-state index contributed by atoms with van der Waals surface area (Å²) in [7, 11) is 0. The Morgan fingerprint density at radius 1 is 1.26 bits per heavy atom. The van der Waals surface area contributed by atoms with E-state index in [1.807, 2.05) is 6.07 Å². The first kappa shape index (κ1) is 15.8. The fourth-order valence-corrected chi connectivity index (χ4v) is 3.45. The van der Waals surface area contributed by atoms with Crippen LogP contribution in [-0.2, 0) is 4.79 Å². The highest BCUT2D eigenvalue weighted by Gasteiger charge is 2.32. The van der Waals surface area contributed by atoms with Crippen molar-refractivity contribution in [2.75, 3.05) is 0 Å². The van der Waals surface area contributed by atoms with Crippen LogP contribution in [0.25, 0.3) is 5.65 Å². The first-order valence-electron chi connectivity index (χ1n) is 7.74. The van der Waals surface area contributed by atoms with Crippen molar-refractivity contribution < 1.29 is 14.7 Å². The third kappa shape index (κ3) is 3.17. The Morgan fingerprint density at radius 3 is 2.83 bits per heavy atom. The summed E-state index contributed by atoms with van der Waals surface area (Å²) in [5, 5.41) is 12.4. The number of rotatable bonds is 3. The van der Waals surface area contributed by atoms with E-state index in [2.05, 4.69) is 10.3 Å². The summed E-state index contributed by atoms with van der Waals surface area (Å²) >= 11 is 6.10. The maximum absolute atomic E-state index is 12.6. The number of halogens is 1. The SMILES string of the molecule is O=C(N[C@H]1CCCCC[C@@H]1C(=O)O)c1c(Cl)nc2ccccn12. The zero-order valence-corrected chi connectivity index (χ0v) is 13.3. The topological polar surface area (TPSA) is 83.7 Å². The van der Waals surface area contributed by atoms with Gasteiger partial charge in [0.25, 0.3) is 5.91 Å². The quantitative estimate of drug-likeness (QED) is 0.845. The second kappa shape index (κ2) is 6.58. The van der Waals surface area contributed by atoms with Crippen LogP contribution >= 0.6 is 11.6 Å². The van der Waals surface area contributed by atoms with Crippen LogP contribution in [0.4, 0.5) is 0 Å². The number of hydrogen-bond donors (Lipinski definition) is 2. The number of hydrogen-bond acceptors (Lipinski definition) is 3. The molecule has 0 aliphatic heterocycles. The summed E-state index contributed by atoms with van der Waals surface area (Å²) in [5.74, 6) is -1.80. The molecule has 23 heavy (non-hydrogen) atoms. The van der Waals surface area contributed by atoms with E-state index in [1.165, 1.54) is 0 Å². The van der Waals surface area contributed by atoms with Gasteiger partial charge in [-0.05, 0) is 25.0 Å². The molecule has 2 atom stereocenters. The van der Waals surface area contributed by atoms with E-state index < -0.39 is 11.9 Å². The lowest BCUT2D eigenvalue weighted by Gasteiger charge is -2.22. The van der Waals surface area contributed by atoms with Crippen LogP contribution in [0, 0.1) is 5.92 Å². The highest BCUT2D eigenvalue weighted by molar-refractivity contribution is 6.32. The van der Waals surface area contributed by atoms with Crippen LogP contribution in [0.3, 0.4) is 0 Å². The lowest BCUT2D eigenvalue weighted by atomic mass is 9.95. The number of imidazole rings is 1. The van der Waals surface area contributed by atoms with E-state index in [1.54, 1.807) is 22.7 Å². The number of carboxylic acid groups (broad SMARTS) is 1. The Morgan fingerprint density at radius 2 is 2.04 bits per heavy atom. The molecule has 2 N–H and O–H groups in total. The molecule has 1 saturated carbocycles. The predicted octanol–water partition coefficient (Wildman–Crippen LogP) is 2.75. The Kier molecular flexibility index (Phi) is 4.52. The third-order valence-corrected chi connectivity index (χ3v) is 4.62. The van der Waals surface area contributed by atoms with Gasteiger partial charge in [-0.15, -0.1) is 0 Å². The minimum Gasteiger partial charge on any atom is -0.481 e. The van der Waals surface area contributed by atoms with Crippen molar-refractivity contribution in [2.24, 2.45) is 5.92 Å². The van der Waals surface area contributed by atoms with Gasteiger partial charge in [-0.3, -0.25) is 14.0 Å². The van der Waals surface area contributed by atoms with Crippen LogP contribution in [0.15, 0.2) is 24.4 Å². The molecule has 2 aromatic rings. The van der Waals surface area contributed by atoms with Crippen molar-refractivity contribution in [3.8, 4) is 0 Å². The Bertz CT molecular complexity index is 743. The van der Waals surface area contributed by atoms with Gasteiger partial charge in [0.2, 0.25) is 0 Å². The van der Waals surface area contributed by atoms with Gasteiger partial charge < -0.3 is 10.4 Å². The second-order valence-electron chi connectivity index (χ2n) is 5.84. The highest BCUT2D eigenvalue weighted by atomic mass is 35.5. The Hall–Kier alpha value is -2.08. The van der Waals surface area contributed by atoms with Crippen LogP contribution in [0.2, 0.25) is 5.15 Å².